The first-order chi connectivity index (χ1) is 6.27. The summed E-state index contributed by atoms with van der Waals surface area (Å²) < 4.78 is 0. The Morgan fingerprint density at radius 3 is 2.69 bits per heavy atom. The largest absolute Gasteiger partial charge is 0.300 e. The minimum Gasteiger partial charge on any atom is -0.300 e. The van der Waals surface area contributed by atoms with Crippen LogP contribution in [0.5, 0.6) is 0 Å². The van der Waals surface area contributed by atoms with E-state index in [-0.39, 0.29) is 5.92 Å². The molecule has 1 aromatic rings. The third-order valence-electron chi connectivity index (χ3n) is 2.92. The molecule has 0 radical (unpaired) electrons. The number of fused-ring (bicyclic) bond motifs is 1. The number of carbonyl (C=O) groups is 1. The summed E-state index contributed by atoms with van der Waals surface area (Å²) in [4.78, 5) is 11.2. The van der Waals surface area contributed by atoms with Crippen LogP contribution in [0.4, 0.5) is 0 Å². The summed E-state index contributed by atoms with van der Waals surface area (Å²) in [5.41, 5.74) is 2.80. The summed E-state index contributed by atoms with van der Waals surface area (Å²) in [6.45, 7) is 1.71. The van der Waals surface area contributed by atoms with Gasteiger partial charge in [-0.05, 0) is 37.3 Å². The molecule has 0 saturated heterocycles. The molecule has 0 N–H and O–H groups in total. The Bertz CT molecular complexity index is 328. The Hall–Kier alpha value is -1.11. The van der Waals surface area contributed by atoms with Gasteiger partial charge in [0.25, 0.3) is 0 Å². The lowest BCUT2D eigenvalue weighted by molar-refractivity contribution is -0.121. The Morgan fingerprint density at radius 2 is 2.00 bits per heavy atom. The van der Waals surface area contributed by atoms with Crippen molar-refractivity contribution in [3.63, 3.8) is 0 Å². The predicted octanol–water partition coefficient (Wildman–Crippen LogP) is 2.38. The fourth-order valence-electron chi connectivity index (χ4n) is 2.04. The highest BCUT2D eigenvalue weighted by molar-refractivity contribution is 5.79. The molecule has 0 heterocycles. The summed E-state index contributed by atoms with van der Waals surface area (Å²) in [5, 5.41) is 0. The van der Waals surface area contributed by atoms with Gasteiger partial charge in [-0.1, -0.05) is 24.3 Å². The lowest BCUT2D eigenvalue weighted by Gasteiger charge is -2.22. The van der Waals surface area contributed by atoms with Gasteiger partial charge in [0.1, 0.15) is 5.78 Å². The van der Waals surface area contributed by atoms with Crippen molar-refractivity contribution in [1.29, 1.82) is 0 Å². The van der Waals surface area contributed by atoms with Crippen LogP contribution in [-0.4, -0.2) is 5.78 Å². The van der Waals surface area contributed by atoms with E-state index in [1.54, 1.807) is 6.92 Å². The van der Waals surface area contributed by atoms with Crippen LogP contribution in [0, 0.1) is 5.92 Å². The van der Waals surface area contributed by atoms with Crippen molar-refractivity contribution in [2.24, 2.45) is 5.92 Å². The Labute approximate surface area is 78.8 Å². The number of carbonyl (C=O) groups excluding carboxylic acids is 1. The molecule has 1 atom stereocenters. The maximum absolute atomic E-state index is 11.2. The van der Waals surface area contributed by atoms with E-state index in [0.29, 0.717) is 5.78 Å². The second-order valence-corrected chi connectivity index (χ2v) is 3.82. The van der Waals surface area contributed by atoms with Gasteiger partial charge in [-0.3, -0.25) is 4.79 Å². The molecule has 0 amide bonds. The van der Waals surface area contributed by atoms with Gasteiger partial charge in [-0.25, -0.2) is 0 Å². The van der Waals surface area contributed by atoms with E-state index in [2.05, 4.69) is 24.3 Å². The molecule has 0 aromatic heterocycles. The van der Waals surface area contributed by atoms with Gasteiger partial charge in [-0.15, -0.1) is 0 Å². The molecule has 1 nitrogen and oxygen atoms in total. The second kappa shape index (κ2) is 3.33. The van der Waals surface area contributed by atoms with Gasteiger partial charge in [0.15, 0.2) is 0 Å². The molecule has 1 heteroatoms. The molecule has 0 unspecified atom stereocenters. The normalized spacial score (nSPS) is 20.8. The van der Waals surface area contributed by atoms with Gasteiger partial charge in [0.05, 0.1) is 0 Å². The molecule has 2 rings (SSSR count). The molecule has 0 aliphatic heterocycles. The van der Waals surface area contributed by atoms with E-state index < -0.39 is 0 Å². The average Bonchev–Trinajstić information content (AvgIpc) is 2.17. The molecule has 1 aliphatic rings. The van der Waals surface area contributed by atoms with Crippen LogP contribution in [0.1, 0.15) is 24.5 Å². The van der Waals surface area contributed by atoms with E-state index in [9.17, 15) is 4.79 Å². The third kappa shape index (κ3) is 1.64. The monoisotopic (exact) mass is 174 g/mol. The zero-order chi connectivity index (χ0) is 9.26. The van der Waals surface area contributed by atoms with Gasteiger partial charge in [0, 0.05) is 5.92 Å². The highest BCUT2D eigenvalue weighted by atomic mass is 16.1. The Balaban J connectivity index is 2.24. The lowest BCUT2D eigenvalue weighted by Crippen LogP contribution is -2.20. The van der Waals surface area contributed by atoms with Crippen LogP contribution >= 0.6 is 0 Å². The maximum Gasteiger partial charge on any atom is 0.133 e. The fraction of sp³-hybridized carbons (Fsp3) is 0.417. The van der Waals surface area contributed by atoms with Crippen molar-refractivity contribution in [2.45, 2.75) is 26.2 Å². The molecule has 0 spiro atoms. The van der Waals surface area contributed by atoms with E-state index in [4.69, 9.17) is 0 Å². The average molecular weight is 174 g/mol. The van der Waals surface area contributed by atoms with Crippen LogP contribution in [0.25, 0.3) is 0 Å². The first-order valence-corrected chi connectivity index (χ1v) is 4.84. The number of Topliss-reactive ketones (excluding diaryl/α,β-unsaturated/α-hetero) is 1. The van der Waals surface area contributed by atoms with Crippen molar-refractivity contribution in [3.05, 3.63) is 35.4 Å². The highest BCUT2D eigenvalue weighted by Crippen LogP contribution is 2.25. The Kier molecular flexibility index (Phi) is 2.17. The summed E-state index contributed by atoms with van der Waals surface area (Å²) in [6.07, 6.45) is 3.05. The van der Waals surface area contributed by atoms with Gasteiger partial charge in [-0.2, -0.15) is 0 Å². The van der Waals surface area contributed by atoms with E-state index in [1.165, 1.54) is 11.1 Å². The van der Waals surface area contributed by atoms with E-state index in [0.717, 1.165) is 19.3 Å². The minimum atomic E-state index is 0.273. The van der Waals surface area contributed by atoms with Crippen molar-refractivity contribution in [1.82, 2.24) is 0 Å². The number of hydrogen-bond acceptors (Lipinski definition) is 1. The summed E-state index contributed by atoms with van der Waals surface area (Å²) in [5.74, 6) is 0.615. The molecule has 1 aliphatic carbocycles. The number of ketones is 1. The molecular formula is C12H14O. The topological polar surface area (TPSA) is 17.1 Å². The number of benzene rings is 1. The first-order valence-electron chi connectivity index (χ1n) is 4.84. The van der Waals surface area contributed by atoms with Crippen molar-refractivity contribution >= 4 is 5.78 Å². The van der Waals surface area contributed by atoms with Crippen LogP contribution in [0.2, 0.25) is 0 Å². The van der Waals surface area contributed by atoms with Crippen molar-refractivity contribution in [3.8, 4) is 0 Å². The van der Waals surface area contributed by atoms with E-state index in [1.807, 2.05) is 0 Å². The summed E-state index contributed by atoms with van der Waals surface area (Å²) in [6, 6.07) is 8.45. The van der Waals surface area contributed by atoms with E-state index >= 15 is 0 Å². The summed E-state index contributed by atoms with van der Waals surface area (Å²) >= 11 is 0. The molecule has 68 valence electrons. The molecule has 0 saturated carbocycles. The standard InChI is InChI=1S/C12H14O/c1-9(13)11-7-6-10-4-2-3-5-12(10)8-11/h2-5,11H,6-8H2,1H3/t11-/m1/s1. The smallest absolute Gasteiger partial charge is 0.133 e. The molecule has 13 heavy (non-hydrogen) atoms. The lowest BCUT2D eigenvalue weighted by atomic mass is 9.82. The molecule has 0 bridgehead atoms. The number of hydrogen-bond donors (Lipinski definition) is 0. The second-order valence-electron chi connectivity index (χ2n) is 3.82. The fourth-order valence-corrected chi connectivity index (χ4v) is 2.04. The van der Waals surface area contributed by atoms with Crippen LogP contribution < -0.4 is 0 Å². The maximum atomic E-state index is 11.2. The summed E-state index contributed by atoms with van der Waals surface area (Å²) in [7, 11) is 0. The Morgan fingerprint density at radius 1 is 1.31 bits per heavy atom. The van der Waals surface area contributed by atoms with Crippen LogP contribution in [-0.2, 0) is 17.6 Å². The van der Waals surface area contributed by atoms with Crippen LogP contribution in [0.15, 0.2) is 24.3 Å². The first kappa shape index (κ1) is 8.49. The quantitative estimate of drug-likeness (QED) is 0.639. The van der Waals surface area contributed by atoms with Crippen LogP contribution in [0.3, 0.4) is 0 Å². The molecule has 1 aromatic carbocycles. The number of rotatable bonds is 1. The van der Waals surface area contributed by atoms with Gasteiger partial charge < -0.3 is 0 Å². The van der Waals surface area contributed by atoms with Gasteiger partial charge in [0.2, 0.25) is 0 Å². The highest BCUT2D eigenvalue weighted by Gasteiger charge is 2.20. The molecular weight excluding hydrogens is 160 g/mol. The van der Waals surface area contributed by atoms with Crippen molar-refractivity contribution in [2.75, 3.05) is 0 Å². The zero-order valence-corrected chi connectivity index (χ0v) is 7.92. The van der Waals surface area contributed by atoms with Crippen molar-refractivity contribution < 1.29 is 4.79 Å². The zero-order valence-electron chi connectivity index (χ0n) is 7.92. The molecule has 0 fully saturated rings. The third-order valence-corrected chi connectivity index (χ3v) is 2.92. The predicted molar refractivity (Wildman–Crippen MR) is 52.6 cm³/mol. The number of aryl methyl sites for hydroxylation is 1. The van der Waals surface area contributed by atoms with Gasteiger partial charge >= 0.3 is 0 Å². The minimum absolute atomic E-state index is 0.273. The SMILES string of the molecule is CC(=O)[C@@H]1CCc2ccccc2C1.